The summed E-state index contributed by atoms with van der Waals surface area (Å²) in [7, 11) is 0. The van der Waals surface area contributed by atoms with Crippen LogP contribution in [-0.2, 0) is 4.79 Å². The number of aryl methyl sites for hydroxylation is 1. The van der Waals surface area contributed by atoms with E-state index in [9.17, 15) is 4.79 Å². The molecule has 0 aromatic heterocycles. The number of hydrogen-bond acceptors (Lipinski definition) is 2. The molecule has 17 heavy (non-hydrogen) atoms. The van der Waals surface area contributed by atoms with E-state index >= 15 is 0 Å². The second kappa shape index (κ2) is 4.31. The van der Waals surface area contributed by atoms with Gasteiger partial charge in [0.25, 0.3) is 0 Å². The maximum Gasteiger partial charge on any atom is 0.241 e. The lowest BCUT2D eigenvalue weighted by Gasteiger charge is -2.39. The van der Waals surface area contributed by atoms with Crippen molar-refractivity contribution in [2.75, 3.05) is 18.0 Å². The number of carbonyl (C=O) groups excluding carboxylic acids is 1. The Labute approximate surface area is 107 Å². The average molecular weight is 253 g/mol. The van der Waals surface area contributed by atoms with Gasteiger partial charge in [-0.25, -0.2) is 0 Å². The molecule has 3 nitrogen and oxygen atoms in total. The Bertz CT molecular complexity index is 457. The number of amides is 1. The molecule has 1 aromatic carbocycles. The highest BCUT2D eigenvalue weighted by Gasteiger charge is 2.31. The van der Waals surface area contributed by atoms with Crippen LogP contribution in [0.4, 0.5) is 5.69 Å². The number of halogens is 1. The normalized spacial score (nSPS) is 19.5. The summed E-state index contributed by atoms with van der Waals surface area (Å²) in [6, 6.07) is 5.63. The van der Waals surface area contributed by atoms with Gasteiger partial charge in [-0.1, -0.05) is 11.6 Å². The van der Waals surface area contributed by atoms with Crippen molar-refractivity contribution in [3.63, 3.8) is 0 Å². The summed E-state index contributed by atoms with van der Waals surface area (Å²) < 4.78 is 0. The molecular formula is C13H17ClN2O. The molecule has 1 aliphatic rings. The predicted molar refractivity (Wildman–Crippen MR) is 70.6 cm³/mol. The third-order valence-corrected chi connectivity index (χ3v) is 3.26. The molecule has 1 saturated heterocycles. The van der Waals surface area contributed by atoms with Gasteiger partial charge in [-0.3, -0.25) is 4.79 Å². The van der Waals surface area contributed by atoms with Gasteiger partial charge in [0.05, 0.1) is 6.54 Å². The smallest absolute Gasteiger partial charge is 0.241 e. The van der Waals surface area contributed by atoms with Gasteiger partial charge < -0.3 is 10.2 Å². The zero-order valence-corrected chi connectivity index (χ0v) is 11.1. The highest BCUT2D eigenvalue weighted by atomic mass is 35.5. The fraction of sp³-hybridized carbons (Fsp3) is 0.462. The van der Waals surface area contributed by atoms with E-state index < -0.39 is 0 Å². The third kappa shape index (κ3) is 2.61. The van der Waals surface area contributed by atoms with Gasteiger partial charge in [0.2, 0.25) is 5.91 Å². The van der Waals surface area contributed by atoms with Crippen LogP contribution < -0.4 is 10.2 Å². The molecular weight excluding hydrogens is 236 g/mol. The Morgan fingerprint density at radius 1 is 1.41 bits per heavy atom. The lowest BCUT2D eigenvalue weighted by atomic mass is 10.0. The topological polar surface area (TPSA) is 32.3 Å². The van der Waals surface area contributed by atoms with Gasteiger partial charge in [-0.15, -0.1) is 0 Å². The number of benzene rings is 1. The fourth-order valence-corrected chi connectivity index (χ4v) is 2.32. The highest BCUT2D eigenvalue weighted by molar-refractivity contribution is 6.30. The van der Waals surface area contributed by atoms with Gasteiger partial charge in [0.15, 0.2) is 0 Å². The van der Waals surface area contributed by atoms with E-state index in [4.69, 9.17) is 11.6 Å². The zero-order valence-electron chi connectivity index (χ0n) is 10.4. The quantitative estimate of drug-likeness (QED) is 0.832. The Balaban J connectivity index is 2.34. The molecule has 0 aliphatic carbocycles. The molecule has 0 atom stereocenters. The molecule has 1 fully saturated rings. The molecule has 1 N–H and O–H groups in total. The number of piperazine rings is 1. The third-order valence-electron chi connectivity index (χ3n) is 3.02. The number of nitrogens with one attached hydrogen (secondary N) is 1. The van der Waals surface area contributed by atoms with Crippen molar-refractivity contribution in [3.05, 3.63) is 28.8 Å². The van der Waals surface area contributed by atoms with E-state index in [1.165, 1.54) is 0 Å². The predicted octanol–water partition coefficient (Wildman–Crippen LogP) is 2.36. The standard InChI is InChI=1S/C13H17ClN2O/c1-9-6-10(14)4-5-11(9)16-8-13(2,3)15-7-12(16)17/h4-6,15H,7-8H2,1-3H3. The number of hydrogen-bond donors (Lipinski definition) is 1. The minimum absolute atomic E-state index is 0.0556. The second-order valence-corrected chi connectivity index (χ2v) is 5.58. The molecule has 1 aliphatic heterocycles. The largest absolute Gasteiger partial charge is 0.309 e. The minimum atomic E-state index is -0.0556. The second-order valence-electron chi connectivity index (χ2n) is 5.15. The summed E-state index contributed by atoms with van der Waals surface area (Å²) in [5.41, 5.74) is 1.93. The maximum atomic E-state index is 12.0. The van der Waals surface area contributed by atoms with Gasteiger partial charge in [0, 0.05) is 22.8 Å². The van der Waals surface area contributed by atoms with Gasteiger partial charge in [-0.05, 0) is 44.5 Å². The molecule has 1 aromatic rings. The van der Waals surface area contributed by atoms with Crippen molar-refractivity contribution in [2.24, 2.45) is 0 Å². The lowest BCUT2D eigenvalue weighted by molar-refractivity contribution is -0.119. The van der Waals surface area contributed by atoms with E-state index in [2.05, 4.69) is 19.2 Å². The van der Waals surface area contributed by atoms with Crippen molar-refractivity contribution in [1.29, 1.82) is 0 Å². The van der Waals surface area contributed by atoms with Crippen LogP contribution in [0.15, 0.2) is 18.2 Å². The molecule has 0 unspecified atom stereocenters. The Morgan fingerprint density at radius 3 is 2.76 bits per heavy atom. The van der Waals surface area contributed by atoms with Crippen molar-refractivity contribution in [3.8, 4) is 0 Å². The highest BCUT2D eigenvalue weighted by Crippen LogP contribution is 2.26. The fourth-order valence-electron chi connectivity index (χ4n) is 2.09. The van der Waals surface area contributed by atoms with Crippen LogP contribution in [0.3, 0.4) is 0 Å². The number of nitrogens with zero attached hydrogens (tertiary/aromatic N) is 1. The maximum absolute atomic E-state index is 12.0. The van der Waals surface area contributed by atoms with Gasteiger partial charge in [0.1, 0.15) is 0 Å². The monoisotopic (exact) mass is 252 g/mol. The van der Waals surface area contributed by atoms with Gasteiger partial charge in [-0.2, -0.15) is 0 Å². The first-order valence-electron chi connectivity index (χ1n) is 5.71. The summed E-state index contributed by atoms with van der Waals surface area (Å²) >= 11 is 5.93. The van der Waals surface area contributed by atoms with Crippen LogP contribution in [-0.4, -0.2) is 24.5 Å². The number of carbonyl (C=O) groups is 1. The van der Waals surface area contributed by atoms with Crippen molar-refractivity contribution in [1.82, 2.24) is 5.32 Å². The summed E-state index contributed by atoms with van der Waals surface area (Å²) in [5, 5.41) is 3.92. The van der Waals surface area contributed by atoms with Crippen LogP contribution in [0.5, 0.6) is 0 Å². The van der Waals surface area contributed by atoms with E-state index in [1.54, 1.807) is 0 Å². The lowest BCUT2D eigenvalue weighted by Crippen LogP contribution is -2.60. The van der Waals surface area contributed by atoms with Crippen LogP contribution in [0, 0.1) is 6.92 Å². The minimum Gasteiger partial charge on any atom is -0.309 e. The molecule has 2 rings (SSSR count). The first kappa shape index (κ1) is 12.4. The first-order valence-corrected chi connectivity index (χ1v) is 6.08. The molecule has 0 spiro atoms. The number of rotatable bonds is 1. The zero-order chi connectivity index (χ0) is 12.6. The SMILES string of the molecule is Cc1cc(Cl)ccc1N1CC(C)(C)NCC1=O. The van der Waals surface area contributed by atoms with E-state index in [0.29, 0.717) is 18.1 Å². The van der Waals surface area contributed by atoms with E-state index in [-0.39, 0.29) is 11.4 Å². The van der Waals surface area contributed by atoms with Crippen LogP contribution in [0.1, 0.15) is 19.4 Å². The molecule has 1 heterocycles. The summed E-state index contributed by atoms with van der Waals surface area (Å²) in [6.07, 6.45) is 0. The van der Waals surface area contributed by atoms with Crippen molar-refractivity contribution >= 4 is 23.2 Å². The summed E-state index contributed by atoms with van der Waals surface area (Å²) in [4.78, 5) is 13.8. The van der Waals surface area contributed by atoms with Gasteiger partial charge >= 0.3 is 0 Å². The Kier molecular flexibility index (Phi) is 3.15. The Hall–Kier alpha value is -1.06. The van der Waals surface area contributed by atoms with Crippen molar-refractivity contribution in [2.45, 2.75) is 26.3 Å². The van der Waals surface area contributed by atoms with Crippen molar-refractivity contribution < 1.29 is 4.79 Å². The molecule has 0 radical (unpaired) electrons. The Morgan fingerprint density at radius 2 is 2.12 bits per heavy atom. The molecule has 0 bridgehead atoms. The summed E-state index contributed by atoms with van der Waals surface area (Å²) in [5.74, 6) is 0.106. The molecule has 1 amide bonds. The van der Waals surface area contributed by atoms with Crippen LogP contribution in [0.2, 0.25) is 5.02 Å². The molecule has 0 saturated carbocycles. The molecule has 4 heteroatoms. The van der Waals surface area contributed by atoms with Crippen LogP contribution in [0.25, 0.3) is 0 Å². The summed E-state index contributed by atoms with van der Waals surface area (Å²) in [6.45, 7) is 7.22. The van der Waals surface area contributed by atoms with Crippen LogP contribution >= 0.6 is 11.6 Å². The van der Waals surface area contributed by atoms with E-state index in [1.807, 2.05) is 30.0 Å². The molecule has 92 valence electrons. The first-order chi connectivity index (χ1) is 7.89. The number of anilines is 1. The van der Waals surface area contributed by atoms with E-state index in [0.717, 1.165) is 11.3 Å². The average Bonchev–Trinajstić information content (AvgIpc) is 2.22.